The van der Waals surface area contributed by atoms with Crippen LogP contribution < -0.4 is 9.64 Å². The summed E-state index contributed by atoms with van der Waals surface area (Å²) in [6.07, 6.45) is 0. The van der Waals surface area contributed by atoms with Gasteiger partial charge >= 0.3 is 0 Å². The molecule has 0 aliphatic heterocycles. The highest BCUT2D eigenvalue weighted by Gasteiger charge is 2.20. The van der Waals surface area contributed by atoms with Gasteiger partial charge in [-0.3, -0.25) is 0 Å². The summed E-state index contributed by atoms with van der Waals surface area (Å²) in [5.74, 6) is 1.16. The van der Waals surface area contributed by atoms with Gasteiger partial charge in [-0.15, -0.1) is 0 Å². The zero-order valence-electron chi connectivity index (χ0n) is 18.2. The zero-order valence-corrected chi connectivity index (χ0v) is 18.2. The van der Waals surface area contributed by atoms with Gasteiger partial charge in [0.05, 0.1) is 17.1 Å². The first-order chi connectivity index (χ1) is 15.3. The molecule has 0 aromatic heterocycles. The van der Waals surface area contributed by atoms with Crippen LogP contribution in [0.5, 0.6) is 28.7 Å². The molecule has 0 unspecified atom stereocenters. The van der Waals surface area contributed by atoms with Crippen molar-refractivity contribution in [2.45, 2.75) is 20.8 Å². The molecule has 0 spiro atoms. The van der Waals surface area contributed by atoms with Gasteiger partial charge in [0, 0.05) is 12.1 Å². The van der Waals surface area contributed by atoms with Gasteiger partial charge < -0.3 is 25.0 Å². The zero-order chi connectivity index (χ0) is 22.8. The molecule has 4 aromatic rings. The second-order valence-corrected chi connectivity index (χ2v) is 7.93. The number of para-hydroxylation sites is 2. The van der Waals surface area contributed by atoms with Gasteiger partial charge in [0.1, 0.15) is 11.5 Å². The van der Waals surface area contributed by atoms with E-state index < -0.39 is 0 Å². The lowest BCUT2D eigenvalue weighted by molar-refractivity contribution is 0.411. The van der Waals surface area contributed by atoms with Crippen molar-refractivity contribution in [2.75, 3.05) is 4.90 Å². The van der Waals surface area contributed by atoms with Crippen molar-refractivity contribution < 1.29 is 20.1 Å². The predicted octanol–water partition coefficient (Wildman–Crippen LogP) is 6.99. The number of nitrogens with zero attached hydrogens (tertiary/aromatic N) is 1. The third-order valence-electron chi connectivity index (χ3n) is 5.05. The number of rotatable bonds is 5. The maximum absolute atomic E-state index is 10.4. The Morgan fingerprint density at radius 1 is 0.594 bits per heavy atom. The number of aryl methyl sites for hydroxylation is 3. The minimum Gasteiger partial charge on any atom is -0.508 e. The second-order valence-electron chi connectivity index (χ2n) is 7.93. The number of phenolic OH excluding ortho intramolecular Hbond substituents is 3. The van der Waals surface area contributed by atoms with Gasteiger partial charge in [0.2, 0.25) is 0 Å². The Labute approximate surface area is 187 Å². The minimum atomic E-state index is 0.0488. The van der Waals surface area contributed by atoms with E-state index in [2.05, 4.69) is 0 Å². The summed E-state index contributed by atoms with van der Waals surface area (Å²) < 4.78 is 6.12. The molecule has 0 fully saturated rings. The first-order valence-electron chi connectivity index (χ1n) is 10.3. The monoisotopic (exact) mass is 427 g/mol. The van der Waals surface area contributed by atoms with Gasteiger partial charge in [0.25, 0.3) is 0 Å². The van der Waals surface area contributed by atoms with Crippen LogP contribution in [0.1, 0.15) is 16.7 Å². The highest BCUT2D eigenvalue weighted by atomic mass is 16.5. The standard InChI is InChI=1S/C27H25NO4/c1-17-8-9-27(25(31)14-17)32-26-7-5-4-6-24(26)28(20-10-18(2)12-22(29)15-20)21-11-19(3)13-23(30)16-21/h4-16,29-31H,1-3H3. The molecule has 0 radical (unpaired) electrons. The highest BCUT2D eigenvalue weighted by molar-refractivity contribution is 5.82. The van der Waals surface area contributed by atoms with Crippen molar-refractivity contribution in [3.05, 3.63) is 95.6 Å². The van der Waals surface area contributed by atoms with E-state index in [1.165, 1.54) is 0 Å². The molecule has 5 nitrogen and oxygen atoms in total. The van der Waals surface area contributed by atoms with E-state index in [0.717, 1.165) is 16.7 Å². The normalized spacial score (nSPS) is 10.7. The van der Waals surface area contributed by atoms with E-state index in [1.54, 1.807) is 36.4 Å². The van der Waals surface area contributed by atoms with Crippen LogP contribution in [0.15, 0.2) is 78.9 Å². The summed E-state index contributed by atoms with van der Waals surface area (Å²) >= 11 is 0. The van der Waals surface area contributed by atoms with Crippen LogP contribution in [0, 0.1) is 20.8 Å². The molecule has 32 heavy (non-hydrogen) atoms. The van der Waals surface area contributed by atoms with Crippen molar-refractivity contribution in [1.82, 2.24) is 0 Å². The summed E-state index contributed by atoms with van der Waals surface area (Å²) in [4.78, 5) is 1.90. The lowest BCUT2D eigenvalue weighted by Gasteiger charge is -2.28. The molecule has 0 aliphatic rings. The Morgan fingerprint density at radius 3 is 1.75 bits per heavy atom. The van der Waals surface area contributed by atoms with Crippen LogP contribution in [0.4, 0.5) is 17.1 Å². The third kappa shape index (κ3) is 4.47. The quantitative estimate of drug-likeness (QED) is 0.320. The molecular formula is C27H25NO4. The van der Waals surface area contributed by atoms with E-state index in [4.69, 9.17) is 4.74 Å². The fourth-order valence-electron chi connectivity index (χ4n) is 3.73. The Balaban J connectivity index is 1.90. The molecule has 0 bridgehead atoms. The molecule has 4 aromatic carbocycles. The van der Waals surface area contributed by atoms with Gasteiger partial charge in [-0.05, 0) is 86.0 Å². The second kappa shape index (κ2) is 8.55. The van der Waals surface area contributed by atoms with Crippen molar-refractivity contribution in [3.63, 3.8) is 0 Å². The maximum atomic E-state index is 10.4. The predicted molar refractivity (Wildman–Crippen MR) is 127 cm³/mol. The van der Waals surface area contributed by atoms with Crippen LogP contribution in [0.3, 0.4) is 0 Å². The molecular weight excluding hydrogens is 402 g/mol. The van der Waals surface area contributed by atoms with E-state index in [1.807, 2.05) is 68.1 Å². The Hall–Kier alpha value is -4.12. The highest BCUT2D eigenvalue weighted by Crippen LogP contribution is 2.44. The summed E-state index contributed by atoms with van der Waals surface area (Å²) in [5.41, 5.74) is 4.79. The molecule has 0 aliphatic carbocycles. The van der Waals surface area contributed by atoms with E-state index in [9.17, 15) is 15.3 Å². The number of benzene rings is 4. The molecule has 0 saturated carbocycles. The van der Waals surface area contributed by atoms with Gasteiger partial charge in [-0.25, -0.2) is 0 Å². The molecule has 0 amide bonds. The first-order valence-corrected chi connectivity index (χ1v) is 10.3. The van der Waals surface area contributed by atoms with Crippen molar-refractivity contribution in [3.8, 4) is 28.7 Å². The minimum absolute atomic E-state index is 0.0488. The van der Waals surface area contributed by atoms with Crippen molar-refractivity contribution in [2.24, 2.45) is 0 Å². The Morgan fingerprint density at radius 2 is 1.19 bits per heavy atom. The third-order valence-corrected chi connectivity index (χ3v) is 5.05. The topological polar surface area (TPSA) is 73.2 Å². The lowest BCUT2D eigenvalue weighted by Crippen LogP contribution is -2.11. The fraction of sp³-hybridized carbons (Fsp3) is 0.111. The average Bonchev–Trinajstić information content (AvgIpc) is 2.70. The van der Waals surface area contributed by atoms with Crippen molar-refractivity contribution >= 4 is 17.1 Å². The van der Waals surface area contributed by atoms with Crippen LogP contribution in [0.2, 0.25) is 0 Å². The smallest absolute Gasteiger partial charge is 0.169 e. The summed E-state index contributed by atoms with van der Waals surface area (Å²) in [7, 11) is 0. The fourth-order valence-corrected chi connectivity index (χ4v) is 3.73. The average molecular weight is 428 g/mol. The number of aromatic hydroxyl groups is 3. The van der Waals surface area contributed by atoms with Crippen LogP contribution in [-0.4, -0.2) is 15.3 Å². The van der Waals surface area contributed by atoms with E-state index in [0.29, 0.717) is 28.6 Å². The SMILES string of the molecule is Cc1cc(O)cc(N(c2cc(C)cc(O)c2)c2ccccc2Oc2ccc(C)cc2O)c1. The molecule has 0 saturated heterocycles. The first kappa shape index (κ1) is 21.1. The molecule has 0 heterocycles. The van der Waals surface area contributed by atoms with Crippen LogP contribution in [-0.2, 0) is 0 Å². The molecule has 5 heteroatoms. The summed E-state index contributed by atoms with van der Waals surface area (Å²) in [6, 6.07) is 23.2. The van der Waals surface area contributed by atoms with Crippen molar-refractivity contribution in [1.29, 1.82) is 0 Å². The van der Waals surface area contributed by atoms with Gasteiger partial charge in [-0.2, -0.15) is 0 Å². The number of anilines is 3. The lowest BCUT2D eigenvalue weighted by atomic mass is 10.1. The largest absolute Gasteiger partial charge is 0.508 e. The number of ether oxygens (including phenoxy) is 1. The molecule has 3 N–H and O–H groups in total. The number of phenols is 3. The summed E-state index contributed by atoms with van der Waals surface area (Å²) in [5, 5.41) is 30.9. The summed E-state index contributed by atoms with van der Waals surface area (Å²) in [6.45, 7) is 5.71. The van der Waals surface area contributed by atoms with Crippen LogP contribution in [0.25, 0.3) is 0 Å². The van der Waals surface area contributed by atoms with E-state index >= 15 is 0 Å². The van der Waals surface area contributed by atoms with E-state index in [-0.39, 0.29) is 17.2 Å². The maximum Gasteiger partial charge on any atom is 0.169 e. The number of hydrogen-bond acceptors (Lipinski definition) is 5. The van der Waals surface area contributed by atoms with Gasteiger partial charge in [-0.1, -0.05) is 18.2 Å². The van der Waals surface area contributed by atoms with Crippen LogP contribution >= 0.6 is 0 Å². The Bertz CT molecular complexity index is 1190. The number of hydrogen-bond donors (Lipinski definition) is 3. The van der Waals surface area contributed by atoms with Gasteiger partial charge in [0.15, 0.2) is 17.2 Å². The Kier molecular flexibility index (Phi) is 5.65. The molecule has 0 atom stereocenters. The molecule has 4 rings (SSSR count). The molecule has 162 valence electrons.